The second kappa shape index (κ2) is 10.3. The van der Waals surface area contributed by atoms with Crippen LogP contribution in [0.15, 0.2) is 42.5 Å². The average Bonchev–Trinajstić information content (AvgIpc) is 3.05. The molecule has 3 amide bonds. The largest absolute Gasteiger partial charge is 0.573 e. The van der Waals surface area contributed by atoms with Crippen LogP contribution in [-0.4, -0.2) is 41.3 Å². The van der Waals surface area contributed by atoms with E-state index >= 15 is 0 Å². The van der Waals surface area contributed by atoms with Gasteiger partial charge in [0.05, 0.1) is 10.7 Å². The summed E-state index contributed by atoms with van der Waals surface area (Å²) in [5.74, 6) is -1.31. The lowest BCUT2D eigenvalue weighted by Crippen LogP contribution is -2.49. The van der Waals surface area contributed by atoms with Crippen LogP contribution in [0.3, 0.4) is 0 Å². The molecule has 192 valence electrons. The van der Waals surface area contributed by atoms with Crippen LogP contribution < -0.4 is 21.1 Å². The van der Waals surface area contributed by atoms with E-state index in [-0.39, 0.29) is 41.1 Å². The Balaban J connectivity index is 1.49. The summed E-state index contributed by atoms with van der Waals surface area (Å²) in [6.07, 6.45) is 0.598. The Kier molecular flexibility index (Phi) is 7.30. The van der Waals surface area contributed by atoms with Gasteiger partial charge in [-0.1, -0.05) is 11.6 Å². The zero-order valence-corrected chi connectivity index (χ0v) is 19.6. The summed E-state index contributed by atoms with van der Waals surface area (Å²) in [5, 5.41) is 5.27. The van der Waals surface area contributed by atoms with E-state index in [9.17, 15) is 27.2 Å². The number of ether oxygens (including phenoxy) is 1. The number of urea groups is 1. The van der Waals surface area contributed by atoms with Crippen molar-refractivity contribution in [2.24, 2.45) is 5.73 Å². The maximum atomic E-state index is 13.2. The van der Waals surface area contributed by atoms with Crippen molar-refractivity contribution in [2.75, 3.05) is 10.6 Å². The molecule has 2 aromatic rings. The summed E-state index contributed by atoms with van der Waals surface area (Å²) >= 11 is 5.86. The third-order valence-corrected chi connectivity index (χ3v) is 6.49. The fourth-order valence-electron chi connectivity index (χ4n) is 4.83. The molecule has 2 aliphatic rings. The number of nitrogens with two attached hydrogens (primary N) is 1. The Morgan fingerprint density at radius 3 is 2.33 bits per heavy atom. The van der Waals surface area contributed by atoms with Gasteiger partial charge in [0, 0.05) is 35.5 Å². The highest BCUT2D eigenvalue weighted by molar-refractivity contribution is 6.32. The van der Waals surface area contributed by atoms with Crippen molar-refractivity contribution in [1.29, 1.82) is 0 Å². The van der Waals surface area contributed by atoms with Gasteiger partial charge in [-0.2, -0.15) is 0 Å². The maximum absolute atomic E-state index is 13.2. The second-order valence-corrected chi connectivity index (χ2v) is 9.10. The van der Waals surface area contributed by atoms with E-state index in [4.69, 9.17) is 17.3 Å². The first-order valence-corrected chi connectivity index (χ1v) is 11.5. The molecule has 7 nitrogen and oxygen atoms in total. The fraction of sp³-hybridized carbons (Fsp3) is 0.333. The first-order valence-electron chi connectivity index (χ1n) is 11.2. The molecule has 0 spiro atoms. The Morgan fingerprint density at radius 1 is 1.11 bits per heavy atom. The Bertz CT molecular complexity index is 1160. The molecule has 0 saturated carbocycles. The van der Waals surface area contributed by atoms with E-state index < -0.39 is 23.2 Å². The van der Waals surface area contributed by atoms with Crippen molar-refractivity contribution in [3.8, 4) is 5.75 Å². The molecule has 2 saturated heterocycles. The Morgan fingerprint density at radius 2 is 1.75 bits per heavy atom. The molecular formula is C24H23ClF4N4O3. The summed E-state index contributed by atoms with van der Waals surface area (Å²) < 4.78 is 55.3. The standard InChI is InChI=1S/C24H23ClF4N4O3/c25-19-12-20(32-23(30)35)13(9-21(19)36-24(27,28)29)1-8-22(34)33-17-6-7-18(33)11-16(10-17)31-15-4-2-14(26)3-5-15/h1-5,8-9,12,16-18,31H,6-7,10-11H2,(H3,30,32,35)/b8-1+/t16?,17-,18+. The van der Waals surface area contributed by atoms with Crippen LogP contribution in [0, 0.1) is 5.82 Å². The third-order valence-electron chi connectivity index (χ3n) is 6.20. The predicted octanol–water partition coefficient (Wildman–Crippen LogP) is 5.52. The zero-order chi connectivity index (χ0) is 26.0. The first-order chi connectivity index (χ1) is 17.0. The lowest BCUT2D eigenvalue weighted by Gasteiger charge is -2.39. The van der Waals surface area contributed by atoms with Crippen molar-refractivity contribution in [1.82, 2.24) is 4.90 Å². The number of primary amides is 1. The van der Waals surface area contributed by atoms with Gasteiger partial charge < -0.3 is 26.0 Å². The number of halogens is 5. The van der Waals surface area contributed by atoms with Gasteiger partial charge in [0.1, 0.15) is 11.6 Å². The number of hydrogen-bond donors (Lipinski definition) is 3. The molecule has 1 unspecified atom stereocenters. The minimum Gasteiger partial charge on any atom is -0.404 e. The lowest BCUT2D eigenvalue weighted by molar-refractivity contribution is -0.274. The highest BCUT2D eigenvalue weighted by Crippen LogP contribution is 2.38. The molecule has 4 N–H and O–H groups in total. The molecule has 2 fully saturated rings. The van der Waals surface area contributed by atoms with E-state index in [2.05, 4.69) is 15.4 Å². The van der Waals surface area contributed by atoms with Crippen LogP contribution in [-0.2, 0) is 4.79 Å². The van der Waals surface area contributed by atoms with Gasteiger partial charge in [-0.3, -0.25) is 4.79 Å². The van der Waals surface area contributed by atoms with Gasteiger partial charge in [-0.15, -0.1) is 13.2 Å². The third kappa shape index (κ3) is 6.20. The smallest absolute Gasteiger partial charge is 0.404 e. The van der Waals surface area contributed by atoms with E-state index in [1.807, 2.05) is 0 Å². The number of alkyl halides is 3. The molecule has 0 aromatic heterocycles. The lowest BCUT2D eigenvalue weighted by atomic mass is 9.96. The van der Waals surface area contributed by atoms with Crippen LogP contribution in [0.25, 0.3) is 6.08 Å². The van der Waals surface area contributed by atoms with Crippen molar-refractivity contribution in [3.05, 3.63) is 58.9 Å². The van der Waals surface area contributed by atoms with Crippen molar-refractivity contribution >= 4 is 41.0 Å². The SMILES string of the molecule is NC(=O)Nc1cc(Cl)c(OC(F)(F)F)cc1/C=C/C(=O)N1[C@@H]2CC[C@H]1CC(Nc1ccc(F)cc1)C2. The zero-order valence-electron chi connectivity index (χ0n) is 18.8. The van der Waals surface area contributed by atoms with E-state index in [1.54, 1.807) is 17.0 Å². The number of carbonyl (C=O) groups is 2. The summed E-state index contributed by atoms with van der Waals surface area (Å²) in [5.41, 5.74) is 6.03. The molecule has 2 aliphatic heterocycles. The van der Waals surface area contributed by atoms with Crippen molar-refractivity contribution < 1.29 is 31.9 Å². The van der Waals surface area contributed by atoms with Gasteiger partial charge in [0.25, 0.3) is 0 Å². The number of amides is 3. The second-order valence-electron chi connectivity index (χ2n) is 8.69. The summed E-state index contributed by atoms with van der Waals surface area (Å²) in [7, 11) is 0. The average molecular weight is 527 g/mol. The predicted molar refractivity (Wildman–Crippen MR) is 127 cm³/mol. The molecule has 0 aliphatic carbocycles. The van der Waals surface area contributed by atoms with Crippen molar-refractivity contribution in [2.45, 2.75) is 50.2 Å². The van der Waals surface area contributed by atoms with E-state index in [1.165, 1.54) is 24.3 Å². The summed E-state index contributed by atoms with van der Waals surface area (Å²) in [6, 6.07) is 7.25. The molecule has 3 atom stereocenters. The maximum Gasteiger partial charge on any atom is 0.573 e. The minimum absolute atomic E-state index is 0.0172. The number of hydrogen-bond acceptors (Lipinski definition) is 4. The van der Waals surface area contributed by atoms with Crippen LogP contribution >= 0.6 is 11.6 Å². The number of fused-ring (bicyclic) bond motifs is 2. The van der Waals surface area contributed by atoms with Crippen LogP contribution in [0.2, 0.25) is 5.02 Å². The molecular weight excluding hydrogens is 504 g/mol. The molecule has 2 bridgehead atoms. The van der Waals surface area contributed by atoms with Crippen molar-refractivity contribution in [3.63, 3.8) is 0 Å². The summed E-state index contributed by atoms with van der Waals surface area (Å²) in [4.78, 5) is 26.2. The Labute approximate surface area is 209 Å². The van der Waals surface area contributed by atoms with E-state index in [0.717, 1.165) is 30.7 Å². The minimum atomic E-state index is -4.98. The van der Waals surface area contributed by atoms with Crippen LogP contribution in [0.4, 0.5) is 33.7 Å². The molecule has 36 heavy (non-hydrogen) atoms. The van der Waals surface area contributed by atoms with Gasteiger partial charge in [-0.05, 0) is 68.2 Å². The topological polar surface area (TPSA) is 96.7 Å². The van der Waals surface area contributed by atoms with Crippen LogP contribution in [0.5, 0.6) is 5.75 Å². The highest BCUT2D eigenvalue weighted by atomic mass is 35.5. The molecule has 0 radical (unpaired) electrons. The first kappa shape index (κ1) is 25.6. The summed E-state index contributed by atoms with van der Waals surface area (Å²) in [6.45, 7) is 0. The number of carbonyl (C=O) groups excluding carboxylic acids is 2. The number of nitrogens with one attached hydrogen (secondary N) is 2. The number of anilines is 2. The molecule has 4 rings (SSSR count). The van der Waals surface area contributed by atoms with Gasteiger partial charge in [0.2, 0.25) is 5.91 Å². The molecule has 12 heteroatoms. The highest BCUT2D eigenvalue weighted by Gasteiger charge is 2.42. The number of benzene rings is 2. The van der Waals surface area contributed by atoms with Gasteiger partial charge in [0.15, 0.2) is 0 Å². The fourth-order valence-corrected chi connectivity index (χ4v) is 5.04. The van der Waals surface area contributed by atoms with Gasteiger partial charge >= 0.3 is 12.4 Å². The van der Waals surface area contributed by atoms with E-state index in [0.29, 0.717) is 12.8 Å². The number of piperidine rings is 1. The normalized spacial score (nSPS) is 21.5. The van der Waals surface area contributed by atoms with Gasteiger partial charge in [-0.25, -0.2) is 9.18 Å². The molecule has 2 heterocycles. The number of nitrogens with zero attached hydrogens (tertiary/aromatic N) is 1. The van der Waals surface area contributed by atoms with Crippen LogP contribution in [0.1, 0.15) is 31.2 Å². The number of rotatable bonds is 6. The monoisotopic (exact) mass is 526 g/mol. The molecule has 2 aromatic carbocycles. The quantitative estimate of drug-likeness (QED) is 0.341. The Hall–Kier alpha value is -3.47.